The van der Waals surface area contributed by atoms with Gasteiger partial charge in [0, 0.05) is 23.2 Å². The summed E-state index contributed by atoms with van der Waals surface area (Å²) in [4.78, 5) is 0. The number of rotatable bonds is 0. The van der Waals surface area contributed by atoms with Crippen molar-refractivity contribution < 1.29 is 0 Å². The summed E-state index contributed by atoms with van der Waals surface area (Å²) in [5.74, 6) is 0. The predicted molar refractivity (Wildman–Crippen MR) is 67.9 cm³/mol. The van der Waals surface area contributed by atoms with Gasteiger partial charge in [-0.25, -0.2) is 0 Å². The molecule has 0 aromatic carbocycles. The summed E-state index contributed by atoms with van der Waals surface area (Å²) in [5, 5.41) is 0. The molecule has 2 radical (unpaired) electrons. The fraction of sp³-hybridized carbons (Fsp3) is 1.00. The van der Waals surface area contributed by atoms with Crippen LogP contribution in [0.15, 0.2) is 0 Å². The first kappa shape index (κ1) is 13.2. The first-order valence-corrected chi connectivity index (χ1v) is 6.79. The zero-order chi connectivity index (χ0) is 12.0. The van der Waals surface area contributed by atoms with Gasteiger partial charge in [0.1, 0.15) is 0 Å². The third-order valence-corrected chi connectivity index (χ3v) is 5.76. The third-order valence-electron chi connectivity index (χ3n) is 3.17. The highest BCUT2D eigenvalue weighted by molar-refractivity contribution is 6.30. The maximum absolute atomic E-state index is 2.63. The molecule has 3 heteroatoms. The summed E-state index contributed by atoms with van der Waals surface area (Å²) in [6, 6.07) is 1.31. The van der Waals surface area contributed by atoms with E-state index in [1.807, 2.05) is 0 Å². The molecule has 0 unspecified atom stereocenters. The third kappa shape index (κ3) is 2.63. The fourth-order valence-electron chi connectivity index (χ4n) is 2.25. The average molecular weight is 226 g/mol. The Morgan fingerprint density at radius 2 is 1.00 bits per heavy atom. The van der Waals surface area contributed by atoms with Gasteiger partial charge in [-0.05, 0) is 55.4 Å². The van der Waals surface area contributed by atoms with Gasteiger partial charge in [0.2, 0.25) is 0 Å². The lowest BCUT2D eigenvalue weighted by Crippen LogP contribution is -2.49. The Kier molecular flexibility index (Phi) is 3.40. The Balaban J connectivity index is 2.86. The van der Waals surface area contributed by atoms with E-state index in [-0.39, 0.29) is 11.1 Å². The Labute approximate surface area is 98.0 Å². The lowest BCUT2D eigenvalue weighted by Gasteiger charge is -2.35. The molecule has 0 spiro atoms. The maximum atomic E-state index is 2.63. The zero-order valence-electron chi connectivity index (χ0n) is 11.5. The summed E-state index contributed by atoms with van der Waals surface area (Å²) in [7, 11) is 0.821. The predicted octanol–water partition coefficient (Wildman–Crippen LogP) is 2.51. The van der Waals surface area contributed by atoms with Crippen LogP contribution in [0.5, 0.6) is 0 Å². The van der Waals surface area contributed by atoms with Crippen molar-refractivity contribution in [3.8, 4) is 0 Å². The van der Waals surface area contributed by atoms with Gasteiger partial charge in [-0.3, -0.25) is 0 Å². The van der Waals surface area contributed by atoms with E-state index in [1.165, 1.54) is 0 Å². The molecule has 1 rings (SSSR count). The van der Waals surface area contributed by atoms with Crippen molar-refractivity contribution in [2.24, 2.45) is 0 Å². The summed E-state index contributed by atoms with van der Waals surface area (Å²) in [5.41, 5.74) is 0.568. The molecule has 0 aromatic rings. The summed E-state index contributed by atoms with van der Waals surface area (Å²) >= 11 is 0. The SMILES string of the molecule is C[C@H]1[C@H](C)N(C(C)(C)C)[Si]N1C(C)(C)C. The standard InChI is InChI=1S/C12H26N2Si/c1-9-10(2)14(12(6,7)8)15-13(9)11(3,4)5/h9-10H,1-8H3/t9-,10-/m0/s1. The molecule has 1 aliphatic rings. The van der Waals surface area contributed by atoms with E-state index < -0.39 is 0 Å². The van der Waals surface area contributed by atoms with E-state index in [0.29, 0.717) is 12.1 Å². The zero-order valence-corrected chi connectivity index (χ0v) is 12.5. The summed E-state index contributed by atoms with van der Waals surface area (Å²) in [6.07, 6.45) is 0. The van der Waals surface area contributed by atoms with E-state index in [4.69, 9.17) is 0 Å². The van der Waals surface area contributed by atoms with Gasteiger partial charge in [0.05, 0.1) is 0 Å². The maximum Gasteiger partial charge on any atom is 0.252 e. The highest BCUT2D eigenvalue weighted by atomic mass is 28.2. The fourth-order valence-corrected chi connectivity index (χ4v) is 3.88. The Morgan fingerprint density at radius 3 is 1.13 bits per heavy atom. The molecule has 0 saturated carbocycles. The molecule has 88 valence electrons. The molecule has 2 nitrogen and oxygen atoms in total. The van der Waals surface area contributed by atoms with Gasteiger partial charge in [-0.15, -0.1) is 0 Å². The molecule has 1 fully saturated rings. The van der Waals surface area contributed by atoms with Crippen LogP contribution in [0.1, 0.15) is 55.4 Å². The quantitative estimate of drug-likeness (QED) is 0.586. The van der Waals surface area contributed by atoms with Crippen molar-refractivity contribution in [1.29, 1.82) is 0 Å². The van der Waals surface area contributed by atoms with Crippen LogP contribution in [-0.2, 0) is 0 Å². The van der Waals surface area contributed by atoms with Gasteiger partial charge in [-0.2, -0.15) is 0 Å². The monoisotopic (exact) mass is 226 g/mol. The van der Waals surface area contributed by atoms with E-state index >= 15 is 0 Å². The normalized spacial score (nSPS) is 31.2. The lowest BCUT2D eigenvalue weighted by molar-refractivity contribution is 0.172. The molecule has 1 aliphatic heterocycles. The topological polar surface area (TPSA) is 6.48 Å². The Bertz CT molecular complexity index is 203. The first-order valence-electron chi connectivity index (χ1n) is 5.90. The van der Waals surface area contributed by atoms with Gasteiger partial charge < -0.3 is 9.13 Å². The van der Waals surface area contributed by atoms with E-state index in [0.717, 1.165) is 9.84 Å². The molecule has 0 aliphatic carbocycles. The number of nitrogens with zero attached hydrogens (tertiary/aromatic N) is 2. The van der Waals surface area contributed by atoms with Gasteiger partial charge in [-0.1, -0.05) is 0 Å². The van der Waals surface area contributed by atoms with Gasteiger partial charge in [0.25, 0.3) is 9.84 Å². The Morgan fingerprint density at radius 1 is 0.733 bits per heavy atom. The largest absolute Gasteiger partial charge is 0.303 e. The van der Waals surface area contributed by atoms with Crippen LogP contribution in [0.25, 0.3) is 0 Å². The molecule has 1 heterocycles. The molecule has 1 saturated heterocycles. The van der Waals surface area contributed by atoms with Crippen LogP contribution < -0.4 is 0 Å². The van der Waals surface area contributed by atoms with Gasteiger partial charge in [0.15, 0.2) is 0 Å². The average Bonchev–Trinajstić information content (AvgIpc) is 2.26. The molecule has 15 heavy (non-hydrogen) atoms. The second-order valence-corrected chi connectivity index (χ2v) is 7.83. The first-order chi connectivity index (χ1) is 6.55. The second-order valence-electron chi connectivity index (χ2n) is 6.66. The van der Waals surface area contributed by atoms with Gasteiger partial charge >= 0.3 is 0 Å². The van der Waals surface area contributed by atoms with Crippen molar-refractivity contribution in [2.45, 2.75) is 78.6 Å². The van der Waals surface area contributed by atoms with Crippen molar-refractivity contribution in [3.05, 3.63) is 0 Å². The van der Waals surface area contributed by atoms with Crippen LogP contribution in [0.3, 0.4) is 0 Å². The van der Waals surface area contributed by atoms with Crippen molar-refractivity contribution in [2.75, 3.05) is 0 Å². The molecular weight excluding hydrogens is 200 g/mol. The summed E-state index contributed by atoms with van der Waals surface area (Å²) < 4.78 is 5.26. The number of hydrogen-bond donors (Lipinski definition) is 0. The van der Waals surface area contributed by atoms with Crippen LogP contribution in [-0.4, -0.2) is 42.1 Å². The highest BCUT2D eigenvalue weighted by Crippen LogP contribution is 2.31. The van der Waals surface area contributed by atoms with E-state index in [1.54, 1.807) is 0 Å². The van der Waals surface area contributed by atoms with Crippen LogP contribution >= 0.6 is 0 Å². The van der Waals surface area contributed by atoms with Crippen LogP contribution in [0.4, 0.5) is 0 Å². The smallest absolute Gasteiger partial charge is 0.252 e. The lowest BCUT2D eigenvalue weighted by atomic mass is 10.0. The van der Waals surface area contributed by atoms with Crippen molar-refractivity contribution >= 4 is 9.84 Å². The molecule has 0 N–H and O–H groups in total. The highest BCUT2D eigenvalue weighted by Gasteiger charge is 2.44. The van der Waals surface area contributed by atoms with Crippen molar-refractivity contribution in [3.63, 3.8) is 0 Å². The molecule has 0 aromatic heterocycles. The molecule has 0 amide bonds. The van der Waals surface area contributed by atoms with Crippen LogP contribution in [0.2, 0.25) is 0 Å². The van der Waals surface area contributed by atoms with E-state index in [9.17, 15) is 0 Å². The minimum absolute atomic E-state index is 0.284. The minimum Gasteiger partial charge on any atom is -0.303 e. The van der Waals surface area contributed by atoms with E-state index in [2.05, 4.69) is 64.5 Å². The molecule has 2 atom stereocenters. The Hall–Kier alpha value is 0.137. The van der Waals surface area contributed by atoms with Crippen LogP contribution in [0, 0.1) is 0 Å². The summed E-state index contributed by atoms with van der Waals surface area (Å²) in [6.45, 7) is 18.6. The molecule has 0 bridgehead atoms. The molecular formula is C12H26N2Si. The minimum atomic E-state index is 0.284. The van der Waals surface area contributed by atoms with Crippen molar-refractivity contribution in [1.82, 2.24) is 9.13 Å². The second kappa shape index (κ2) is 3.86. The number of hydrogen-bond acceptors (Lipinski definition) is 2.